The highest BCUT2D eigenvalue weighted by atomic mass is 19.4. The van der Waals surface area contributed by atoms with E-state index < -0.39 is 83.5 Å². The molecule has 0 bridgehead atoms. The molecule has 1 aromatic carbocycles. The number of likely N-dealkylation sites (tertiary alicyclic amines) is 1. The molecule has 0 aliphatic carbocycles. The molecule has 0 spiro atoms. The molecule has 208 valence electrons. The van der Waals surface area contributed by atoms with Gasteiger partial charge in [-0.2, -0.15) is 17.6 Å². The van der Waals surface area contributed by atoms with Crippen LogP contribution < -0.4 is 16.0 Å². The van der Waals surface area contributed by atoms with Crippen molar-refractivity contribution < 1.29 is 39.9 Å². The van der Waals surface area contributed by atoms with E-state index in [0.29, 0.717) is 19.0 Å². The van der Waals surface area contributed by atoms with Gasteiger partial charge < -0.3 is 16.0 Å². The number of benzene rings is 1. The third kappa shape index (κ3) is 6.08. The molecule has 1 aromatic heterocycles. The van der Waals surface area contributed by atoms with E-state index >= 15 is 4.39 Å². The van der Waals surface area contributed by atoms with Gasteiger partial charge in [-0.3, -0.25) is 9.69 Å². The number of rotatable bonds is 7. The van der Waals surface area contributed by atoms with E-state index in [4.69, 9.17) is 5.73 Å². The Hall–Kier alpha value is -3.23. The van der Waals surface area contributed by atoms with Gasteiger partial charge in [0.1, 0.15) is 18.3 Å². The van der Waals surface area contributed by atoms with Crippen molar-refractivity contribution in [3.05, 3.63) is 47.3 Å². The number of primary amides is 1. The SMILES string of the molecule is NC(=O)CN1CC[C@H](CNc2ncnc(N3CC(F)(F)C[C@@H]3c3ccc(C(F)(F)F)cc3F)c2F)[C@@H](F)C1. The molecule has 2 fully saturated rings. The van der Waals surface area contributed by atoms with Crippen molar-refractivity contribution in [3.8, 4) is 0 Å². The summed E-state index contributed by atoms with van der Waals surface area (Å²) < 4.78 is 112. The quantitative estimate of drug-likeness (QED) is 0.507. The molecule has 0 saturated carbocycles. The molecule has 0 radical (unpaired) electrons. The lowest BCUT2D eigenvalue weighted by Crippen LogP contribution is -2.46. The summed E-state index contributed by atoms with van der Waals surface area (Å²) >= 11 is 0. The average molecular weight is 552 g/mol. The number of nitrogens with two attached hydrogens (primary N) is 1. The number of amides is 1. The van der Waals surface area contributed by atoms with Crippen molar-refractivity contribution in [3.63, 3.8) is 0 Å². The molecule has 3 heterocycles. The highest BCUT2D eigenvalue weighted by Crippen LogP contribution is 2.45. The zero-order chi connectivity index (χ0) is 27.8. The molecule has 4 rings (SSSR count). The Morgan fingerprint density at radius 1 is 1.21 bits per heavy atom. The molecule has 2 aliphatic heterocycles. The minimum atomic E-state index is -4.84. The Balaban J connectivity index is 1.53. The van der Waals surface area contributed by atoms with Gasteiger partial charge in [0.25, 0.3) is 5.92 Å². The van der Waals surface area contributed by atoms with Gasteiger partial charge in [-0.05, 0) is 25.1 Å². The third-order valence-corrected chi connectivity index (χ3v) is 6.67. The van der Waals surface area contributed by atoms with Crippen LogP contribution in [0.4, 0.5) is 46.8 Å². The fourth-order valence-corrected chi connectivity index (χ4v) is 4.81. The van der Waals surface area contributed by atoms with E-state index in [0.717, 1.165) is 17.3 Å². The monoisotopic (exact) mass is 552 g/mol. The first kappa shape index (κ1) is 27.8. The van der Waals surface area contributed by atoms with E-state index in [1.807, 2.05) is 0 Å². The summed E-state index contributed by atoms with van der Waals surface area (Å²) in [5, 5.41) is 2.65. The van der Waals surface area contributed by atoms with Crippen LogP contribution in [0, 0.1) is 17.6 Å². The first-order valence-corrected chi connectivity index (χ1v) is 11.7. The molecule has 0 unspecified atom stereocenters. The number of hydrogen-bond donors (Lipinski definition) is 2. The second-order valence-electron chi connectivity index (χ2n) is 9.44. The highest BCUT2D eigenvalue weighted by molar-refractivity contribution is 5.75. The fraction of sp³-hybridized carbons (Fsp3) is 0.522. The lowest BCUT2D eigenvalue weighted by atomic mass is 9.95. The predicted octanol–water partition coefficient (Wildman–Crippen LogP) is 3.92. The maximum absolute atomic E-state index is 15.4. The molecule has 2 aliphatic rings. The number of nitrogens with one attached hydrogen (secondary N) is 1. The standard InChI is InChI=1S/C23H24F8N6O/c24-15-5-13(23(29,30)31)1-2-14(15)17-6-22(27,28)10-37(17)21-19(26)20(34-11-35-21)33-7-12-3-4-36(8-16(12)25)9-18(32)38/h1-2,5,11-12,16-17H,3-4,6-10H2,(H2,32,38)(H,33,34,35)/t12-,16+,17-/m1/s1. The number of alkyl halides is 6. The minimum absolute atomic E-state index is 0.0456. The second kappa shape index (κ2) is 10.5. The van der Waals surface area contributed by atoms with Crippen LogP contribution >= 0.6 is 0 Å². The van der Waals surface area contributed by atoms with Crippen LogP contribution in [0.2, 0.25) is 0 Å². The highest BCUT2D eigenvalue weighted by Gasteiger charge is 2.48. The lowest BCUT2D eigenvalue weighted by molar-refractivity contribution is -0.137. The first-order valence-electron chi connectivity index (χ1n) is 11.7. The summed E-state index contributed by atoms with van der Waals surface area (Å²) in [4.78, 5) is 20.9. The van der Waals surface area contributed by atoms with Gasteiger partial charge in [-0.15, -0.1) is 0 Å². The summed E-state index contributed by atoms with van der Waals surface area (Å²) in [5.41, 5.74) is 3.37. The van der Waals surface area contributed by atoms with Crippen molar-refractivity contribution in [2.75, 3.05) is 42.9 Å². The molecule has 1 amide bonds. The minimum Gasteiger partial charge on any atom is -0.369 e. The molecular weight excluding hydrogens is 528 g/mol. The largest absolute Gasteiger partial charge is 0.416 e. The van der Waals surface area contributed by atoms with Gasteiger partial charge >= 0.3 is 6.18 Å². The van der Waals surface area contributed by atoms with Crippen molar-refractivity contribution in [1.82, 2.24) is 14.9 Å². The van der Waals surface area contributed by atoms with Gasteiger partial charge in [0.15, 0.2) is 11.6 Å². The Kier molecular flexibility index (Phi) is 7.68. The summed E-state index contributed by atoms with van der Waals surface area (Å²) in [7, 11) is 0. The Labute approximate surface area is 212 Å². The number of piperidine rings is 1. The number of anilines is 2. The van der Waals surface area contributed by atoms with Crippen molar-refractivity contribution in [1.29, 1.82) is 0 Å². The normalized spacial score (nSPS) is 24.0. The topological polar surface area (TPSA) is 87.4 Å². The predicted molar refractivity (Wildman–Crippen MR) is 120 cm³/mol. The molecule has 7 nitrogen and oxygen atoms in total. The molecule has 2 aromatic rings. The Bertz CT molecular complexity index is 1180. The number of carbonyl (C=O) groups is 1. The maximum Gasteiger partial charge on any atom is 0.416 e. The molecule has 38 heavy (non-hydrogen) atoms. The average Bonchev–Trinajstić information content (AvgIpc) is 3.13. The molecule has 3 atom stereocenters. The van der Waals surface area contributed by atoms with Gasteiger partial charge in [-0.1, -0.05) is 6.07 Å². The van der Waals surface area contributed by atoms with E-state index in [1.54, 1.807) is 4.90 Å². The van der Waals surface area contributed by atoms with Crippen LogP contribution in [0.25, 0.3) is 0 Å². The summed E-state index contributed by atoms with van der Waals surface area (Å²) in [6.45, 7) is -0.874. The zero-order valence-corrected chi connectivity index (χ0v) is 19.8. The summed E-state index contributed by atoms with van der Waals surface area (Å²) in [6.07, 6.45) is -5.96. The van der Waals surface area contributed by atoms with E-state index in [9.17, 15) is 35.5 Å². The molecule has 15 heteroatoms. The Morgan fingerprint density at radius 3 is 2.58 bits per heavy atom. The summed E-state index contributed by atoms with van der Waals surface area (Å²) in [5.74, 6) is -8.08. The first-order chi connectivity index (χ1) is 17.7. The van der Waals surface area contributed by atoms with Gasteiger partial charge in [0.2, 0.25) is 11.7 Å². The van der Waals surface area contributed by atoms with E-state index in [1.165, 1.54) is 0 Å². The van der Waals surface area contributed by atoms with Gasteiger partial charge in [-0.25, -0.2) is 27.5 Å². The number of halogens is 8. The molecule has 2 saturated heterocycles. The third-order valence-electron chi connectivity index (χ3n) is 6.67. The number of aromatic nitrogens is 2. The van der Waals surface area contributed by atoms with Gasteiger partial charge in [0.05, 0.1) is 24.7 Å². The second-order valence-corrected chi connectivity index (χ2v) is 9.44. The van der Waals surface area contributed by atoms with Crippen LogP contribution in [-0.4, -0.2) is 65.6 Å². The smallest absolute Gasteiger partial charge is 0.369 e. The van der Waals surface area contributed by atoms with Crippen LogP contribution in [-0.2, 0) is 11.0 Å². The zero-order valence-electron chi connectivity index (χ0n) is 19.8. The summed E-state index contributed by atoms with van der Waals surface area (Å²) in [6, 6.07) is 0.0179. The van der Waals surface area contributed by atoms with Gasteiger partial charge in [0, 0.05) is 31.0 Å². The van der Waals surface area contributed by atoms with Crippen LogP contribution in [0.15, 0.2) is 24.5 Å². The number of nitrogens with zero attached hydrogens (tertiary/aromatic N) is 4. The van der Waals surface area contributed by atoms with E-state index in [2.05, 4.69) is 15.3 Å². The number of hydrogen-bond acceptors (Lipinski definition) is 6. The van der Waals surface area contributed by atoms with Crippen LogP contribution in [0.5, 0.6) is 0 Å². The maximum atomic E-state index is 15.4. The van der Waals surface area contributed by atoms with E-state index in [-0.39, 0.29) is 25.7 Å². The van der Waals surface area contributed by atoms with Crippen LogP contribution in [0.3, 0.4) is 0 Å². The van der Waals surface area contributed by atoms with Crippen LogP contribution in [0.1, 0.15) is 30.0 Å². The number of carbonyl (C=O) groups excluding carboxylic acids is 1. The van der Waals surface area contributed by atoms with Crippen molar-refractivity contribution >= 4 is 17.5 Å². The fourth-order valence-electron chi connectivity index (χ4n) is 4.81. The van der Waals surface area contributed by atoms with Crippen molar-refractivity contribution in [2.24, 2.45) is 11.7 Å². The van der Waals surface area contributed by atoms with Crippen molar-refractivity contribution in [2.45, 2.75) is 37.2 Å². The Morgan fingerprint density at radius 2 is 1.95 bits per heavy atom. The molecule has 3 N–H and O–H groups in total. The molecular formula is C23H24F8N6O. The lowest BCUT2D eigenvalue weighted by Gasteiger charge is -2.34.